The predicted molar refractivity (Wildman–Crippen MR) is 66.3 cm³/mol. The average molecular weight is 208 g/mol. The summed E-state index contributed by atoms with van der Waals surface area (Å²) in [7, 11) is 0. The highest BCUT2D eigenvalue weighted by Gasteiger charge is 2.05. The van der Waals surface area contributed by atoms with Gasteiger partial charge in [-0.05, 0) is 29.3 Å². The third-order valence-electron chi connectivity index (χ3n) is 2.85. The number of aryl methyl sites for hydroxylation is 1. The molecule has 0 aliphatic rings. The summed E-state index contributed by atoms with van der Waals surface area (Å²) in [5.74, 6) is 0.934. The van der Waals surface area contributed by atoms with Gasteiger partial charge >= 0.3 is 0 Å². The van der Waals surface area contributed by atoms with E-state index >= 15 is 0 Å². The summed E-state index contributed by atoms with van der Waals surface area (Å²) in [6.45, 7) is 2.12. The minimum absolute atomic E-state index is 0.934. The van der Waals surface area contributed by atoms with Crippen LogP contribution in [0.2, 0.25) is 0 Å². The molecule has 0 saturated heterocycles. The van der Waals surface area contributed by atoms with Crippen LogP contribution in [0, 0.1) is 6.92 Å². The second-order valence-corrected chi connectivity index (χ2v) is 3.95. The Hall–Kier alpha value is -2.09. The molecule has 1 heterocycles. The molecule has 3 rings (SSSR count). The van der Waals surface area contributed by atoms with Crippen LogP contribution in [0.4, 0.5) is 0 Å². The van der Waals surface area contributed by atoms with Crippen molar-refractivity contribution in [3.8, 4) is 11.4 Å². The van der Waals surface area contributed by atoms with Crippen LogP contribution in [0.1, 0.15) is 5.56 Å². The maximum atomic E-state index is 4.30. The fourth-order valence-electron chi connectivity index (χ4n) is 2.02. The monoisotopic (exact) mass is 208 g/mol. The quantitative estimate of drug-likeness (QED) is 0.651. The van der Waals surface area contributed by atoms with Crippen LogP contribution in [0.15, 0.2) is 48.8 Å². The fraction of sp³-hybridized carbons (Fsp3) is 0.0714. The molecule has 0 spiro atoms. The van der Waals surface area contributed by atoms with Crippen molar-refractivity contribution in [2.45, 2.75) is 6.92 Å². The number of aromatic nitrogens is 2. The van der Waals surface area contributed by atoms with Crippen molar-refractivity contribution in [3.05, 3.63) is 54.4 Å². The molecule has 2 heteroatoms. The van der Waals surface area contributed by atoms with Crippen LogP contribution >= 0.6 is 0 Å². The lowest BCUT2D eigenvalue weighted by Gasteiger charge is -2.05. The Kier molecular flexibility index (Phi) is 2.00. The molecule has 0 amide bonds. The van der Waals surface area contributed by atoms with E-state index in [1.54, 1.807) is 6.20 Å². The van der Waals surface area contributed by atoms with Crippen molar-refractivity contribution in [1.29, 1.82) is 0 Å². The Labute approximate surface area is 94.0 Å². The number of hydrogen-bond acceptors (Lipinski definition) is 1. The zero-order chi connectivity index (χ0) is 11.0. The van der Waals surface area contributed by atoms with Crippen molar-refractivity contribution in [1.82, 2.24) is 9.97 Å². The van der Waals surface area contributed by atoms with Gasteiger partial charge < -0.3 is 4.98 Å². The summed E-state index contributed by atoms with van der Waals surface area (Å²) in [6, 6.07) is 12.8. The summed E-state index contributed by atoms with van der Waals surface area (Å²) in [6.07, 6.45) is 3.63. The van der Waals surface area contributed by atoms with Crippen molar-refractivity contribution in [2.24, 2.45) is 0 Å². The maximum absolute atomic E-state index is 4.30. The van der Waals surface area contributed by atoms with E-state index in [0.29, 0.717) is 0 Å². The highest BCUT2D eigenvalue weighted by atomic mass is 14.9. The van der Waals surface area contributed by atoms with E-state index in [9.17, 15) is 0 Å². The Bertz CT molecular complexity index is 624. The lowest BCUT2D eigenvalue weighted by Crippen LogP contribution is -1.86. The van der Waals surface area contributed by atoms with Gasteiger partial charge in [-0.2, -0.15) is 0 Å². The highest BCUT2D eigenvalue weighted by molar-refractivity contribution is 5.87. The van der Waals surface area contributed by atoms with Crippen LogP contribution < -0.4 is 0 Å². The van der Waals surface area contributed by atoms with Gasteiger partial charge in [-0.25, -0.2) is 4.98 Å². The maximum Gasteiger partial charge on any atom is 0.137 e. The van der Waals surface area contributed by atoms with E-state index in [2.05, 4.69) is 53.3 Å². The molecule has 0 radical (unpaired) electrons. The van der Waals surface area contributed by atoms with Crippen molar-refractivity contribution >= 4 is 10.8 Å². The highest BCUT2D eigenvalue weighted by Crippen LogP contribution is 2.25. The first-order valence-electron chi connectivity index (χ1n) is 5.34. The lowest BCUT2D eigenvalue weighted by atomic mass is 10.0. The molecule has 0 bridgehead atoms. The van der Waals surface area contributed by atoms with E-state index < -0.39 is 0 Å². The third kappa shape index (κ3) is 1.39. The molecule has 0 aliphatic carbocycles. The molecule has 78 valence electrons. The molecule has 2 aromatic carbocycles. The summed E-state index contributed by atoms with van der Waals surface area (Å²) >= 11 is 0. The van der Waals surface area contributed by atoms with Gasteiger partial charge in [-0.3, -0.25) is 0 Å². The number of benzene rings is 2. The van der Waals surface area contributed by atoms with E-state index in [-0.39, 0.29) is 0 Å². The number of fused-ring (bicyclic) bond motifs is 1. The molecular weight excluding hydrogens is 196 g/mol. The first-order chi connectivity index (χ1) is 7.84. The van der Waals surface area contributed by atoms with Gasteiger partial charge in [0.1, 0.15) is 5.82 Å². The van der Waals surface area contributed by atoms with E-state index in [1.165, 1.54) is 21.9 Å². The van der Waals surface area contributed by atoms with Gasteiger partial charge in [0.25, 0.3) is 0 Å². The smallest absolute Gasteiger partial charge is 0.137 e. The number of nitrogens with one attached hydrogen (secondary N) is 1. The second kappa shape index (κ2) is 3.49. The van der Waals surface area contributed by atoms with Crippen molar-refractivity contribution < 1.29 is 0 Å². The second-order valence-electron chi connectivity index (χ2n) is 3.95. The molecule has 1 aromatic heterocycles. The summed E-state index contributed by atoms with van der Waals surface area (Å²) in [4.78, 5) is 7.45. The van der Waals surface area contributed by atoms with Gasteiger partial charge in [-0.1, -0.05) is 30.3 Å². The average Bonchev–Trinajstić information content (AvgIpc) is 2.81. The number of nitrogens with zero attached hydrogens (tertiary/aromatic N) is 1. The molecule has 0 aliphatic heterocycles. The van der Waals surface area contributed by atoms with Gasteiger partial charge in [0.05, 0.1) is 0 Å². The number of imidazole rings is 1. The summed E-state index contributed by atoms with van der Waals surface area (Å²) < 4.78 is 0. The Morgan fingerprint density at radius 2 is 1.81 bits per heavy atom. The Balaban J connectivity index is 2.30. The van der Waals surface area contributed by atoms with E-state index in [1.807, 2.05) is 6.20 Å². The first kappa shape index (κ1) is 9.16. The molecule has 0 unspecified atom stereocenters. The standard InChI is InChI=1S/C14H12N2/c1-10-8-11-4-2-3-5-12(11)9-13(10)14-15-6-7-16-14/h2-9H,1H3,(H,15,16). The number of H-pyrrole nitrogens is 1. The van der Waals surface area contributed by atoms with Crippen LogP contribution in [-0.4, -0.2) is 9.97 Å². The largest absolute Gasteiger partial charge is 0.345 e. The van der Waals surface area contributed by atoms with Crippen molar-refractivity contribution in [3.63, 3.8) is 0 Å². The number of aromatic amines is 1. The zero-order valence-corrected chi connectivity index (χ0v) is 9.07. The van der Waals surface area contributed by atoms with Crippen LogP contribution in [0.25, 0.3) is 22.2 Å². The van der Waals surface area contributed by atoms with Gasteiger partial charge in [-0.15, -0.1) is 0 Å². The number of rotatable bonds is 1. The fourth-order valence-corrected chi connectivity index (χ4v) is 2.02. The zero-order valence-electron chi connectivity index (χ0n) is 9.07. The Morgan fingerprint density at radius 3 is 2.50 bits per heavy atom. The topological polar surface area (TPSA) is 28.7 Å². The van der Waals surface area contributed by atoms with Gasteiger partial charge in [0.15, 0.2) is 0 Å². The van der Waals surface area contributed by atoms with Crippen LogP contribution in [0.3, 0.4) is 0 Å². The molecule has 0 atom stereocenters. The SMILES string of the molecule is Cc1cc2ccccc2cc1-c1ncc[nH]1. The molecule has 0 saturated carbocycles. The normalized spacial score (nSPS) is 10.8. The third-order valence-corrected chi connectivity index (χ3v) is 2.85. The Morgan fingerprint density at radius 1 is 1.06 bits per heavy atom. The summed E-state index contributed by atoms with van der Waals surface area (Å²) in [5.41, 5.74) is 2.41. The minimum atomic E-state index is 0.934. The van der Waals surface area contributed by atoms with Gasteiger partial charge in [0, 0.05) is 18.0 Å². The molecule has 0 fully saturated rings. The van der Waals surface area contributed by atoms with E-state index in [0.717, 1.165) is 5.82 Å². The number of hydrogen-bond donors (Lipinski definition) is 1. The van der Waals surface area contributed by atoms with Crippen molar-refractivity contribution in [2.75, 3.05) is 0 Å². The van der Waals surface area contributed by atoms with Crippen LogP contribution in [0.5, 0.6) is 0 Å². The molecule has 3 aromatic rings. The lowest BCUT2D eigenvalue weighted by molar-refractivity contribution is 1.29. The minimum Gasteiger partial charge on any atom is -0.345 e. The molecule has 16 heavy (non-hydrogen) atoms. The predicted octanol–water partition coefficient (Wildman–Crippen LogP) is 3.54. The summed E-state index contributed by atoms with van der Waals surface area (Å²) in [5, 5.41) is 2.52. The van der Waals surface area contributed by atoms with Gasteiger partial charge in [0.2, 0.25) is 0 Å². The first-order valence-corrected chi connectivity index (χ1v) is 5.34. The van der Waals surface area contributed by atoms with E-state index in [4.69, 9.17) is 0 Å². The molecular formula is C14H12N2. The van der Waals surface area contributed by atoms with Crippen LogP contribution in [-0.2, 0) is 0 Å². The molecule has 2 nitrogen and oxygen atoms in total. The molecule has 1 N–H and O–H groups in total.